The second-order valence-electron chi connectivity index (χ2n) is 4.35. The van der Waals surface area contributed by atoms with Crippen LogP contribution in [-0.2, 0) is 9.53 Å². The van der Waals surface area contributed by atoms with Gasteiger partial charge in [0.15, 0.2) is 0 Å². The van der Waals surface area contributed by atoms with Crippen LogP contribution in [0.2, 0.25) is 0 Å². The number of carbonyl (C=O) groups is 1. The highest BCUT2D eigenvalue weighted by Gasteiger charge is 2.44. The summed E-state index contributed by atoms with van der Waals surface area (Å²) in [6.07, 6.45) is 3.99. The number of rotatable bonds is 7. The molecular formula is C12H20O2S. The molecule has 0 saturated heterocycles. The Labute approximate surface area is 96.5 Å². The van der Waals surface area contributed by atoms with Crippen molar-refractivity contribution in [1.82, 2.24) is 0 Å². The van der Waals surface area contributed by atoms with Gasteiger partial charge in [-0.15, -0.1) is 0 Å². The molecule has 1 fully saturated rings. The predicted molar refractivity (Wildman–Crippen MR) is 65.1 cm³/mol. The summed E-state index contributed by atoms with van der Waals surface area (Å²) in [5, 5.41) is 0. The molecular weight excluding hydrogens is 208 g/mol. The summed E-state index contributed by atoms with van der Waals surface area (Å²) in [6.45, 7) is 6.11. The third-order valence-corrected chi connectivity index (χ3v) is 4.35. The summed E-state index contributed by atoms with van der Waals surface area (Å²) in [5.41, 5.74) is 1.54. The molecule has 1 aliphatic rings. The molecule has 0 N–H and O–H groups in total. The Bertz CT molecular complexity index is 244. The van der Waals surface area contributed by atoms with Crippen molar-refractivity contribution in [2.24, 2.45) is 5.41 Å². The lowest BCUT2D eigenvalue weighted by molar-refractivity contribution is -0.141. The highest BCUT2D eigenvalue weighted by atomic mass is 32.2. The summed E-state index contributed by atoms with van der Waals surface area (Å²) < 4.78 is 4.71. The number of methoxy groups -OCH3 is 1. The average Bonchev–Trinajstić information content (AvgIpc) is 2.97. The van der Waals surface area contributed by atoms with Crippen LogP contribution in [0.5, 0.6) is 0 Å². The van der Waals surface area contributed by atoms with Crippen LogP contribution in [0.1, 0.15) is 32.6 Å². The van der Waals surface area contributed by atoms with Crippen LogP contribution in [0, 0.1) is 5.41 Å². The maximum Gasteiger partial charge on any atom is 0.306 e. The molecule has 15 heavy (non-hydrogen) atoms. The number of esters is 1. The quantitative estimate of drug-likeness (QED) is 0.495. The minimum absolute atomic E-state index is 0.0672. The second-order valence-corrected chi connectivity index (χ2v) is 5.33. The van der Waals surface area contributed by atoms with Crippen molar-refractivity contribution < 1.29 is 9.53 Å². The Balaban J connectivity index is 2.20. The van der Waals surface area contributed by atoms with Gasteiger partial charge in [0.25, 0.3) is 0 Å². The van der Waals surface area contributed by atoms with Crippen LogP contribution in [0.25, 0.3) is 0 Å². The van der Waals surface area contributed by atoms with Crippen molar-refractivity contribution in [2.45, 2.75) is 32.6 Å². The molecule has 0 aromatic carbocycles. The predicted octanol–water partition coefficient (Wildman–Crippen LogP) is 3.03. The molecule has 0 aliphatic heterocycles. The van der Waals surface area contributed by atoms with E-state index in [1.807, 2.05) is 11.8 Å². The third-order valence-electron chi connectivity index (χ3n) is 2.92. The summed E-state index contributed by atoms with van der Waals surface area (Å²) in [7, 11) is 1.46. The van der Waals surface area contributed by atoms with Gasteiger partial charge in [0, 0.05) is 5.75 Å². The first-order valence-corrected chi connectivity index (χ1v) is 6.58. The van der Waals surface area contributed by atoms with E-state index in [0.717, 1.165) is 17.9 Å². The van der Waals surface area contributed by atoms with Crippen molar-refractivity contribution in [1.29, 1.82) is 0 Å². The van der Waals surface area contributed by atoms with Gasteiger partial charge in [0.05, 0.1) is 13.5 Å². The molecule has 0 unspecified atom stereocenters. The van der Waals surface area contributed by atoms with E-state index in [2.05, 4.69) is 13.5 Å². The highest BCUT2D eigenvalue weighted by Crippen LogP contribution is 2.51. The highest BCUT2D eigenvalue weighted by molar-refractivity contribution is 7.99. The van der Waals surface area contributed by atoms with Crippen molar-refractivity contribution in [3.8, 4) is 0 Å². The fraction of sp³-hybridized carbons (Fsp3) is 0.750. The first-order chi connectivity index (χ1) is 7.12. The molecule has 1 saturated carbocycles. The lowest BCUT2D eigenvalue weighted by Gasteiger charge is -2.13. The van der Waals surface area contributed by atoms with E-state index in [-0.39, 0.29) is 11.4 Å². The first-order valence-electron chi connectivity index (χ1n) is 5.43. The van der Waals surface area contributed by atoms with Gasteiger partial charge in [0.1, 0.15) is 0 Å². The largest absolute Gasteiger partial charge is 0.469 e. The molecule has 0 radical (unpaired) electrons. The minimum Gasteiger partial charge on any atom is -0.469 e. The zero-order chi connectivity index (χ0) is 11.3. The van der Waals surface area contributed by atoms with Gasteiger partial charge in [-0.2, -0.15) is 11.8 Å². The maximum atomic E-state index is 11.2. The Morgan fingerprint density at radius 2 is 2.20 bits per heavy atom. The Kier molecular flexibility index (Phi) is 4.71. The van der Waals surface area contributed by atoms with Crippen LogP contribution in [-0.4, -0.2) is 24.6 Å². The number of hydrogen-bond donors (Lipinski definition) is 0. The number of carbonyl (C=O) groups excluding carboxylic acids is 1. The molecule has 0 bridgehead atoms. The van der Waals surface area contributed by atoms with Crippen LogP contribution in [0.4, 0.5) is 0 Å². The molecule has 0 amide bonds. The molecule has 0 spiro atoms. The van der Waals surface area contributed by atoms with Gasteiger partial charge < -0.3 is 4.74 Å². The van der Waals surface area contributed by atoms with Crippen molar-refractivity contribution in [3.63, 3.8) is 0 Å². The molecule has 86 valence electrons. The van der Waals surface area contributed by atoms with E-state index in [0.29, 0.717) is 6.42 Å². The van der Waals surface area contributed by atoms with Gasteiger partial charge in [-0.1, -0.05) is 19.1 Å². The Morgan fingerprint density at radius 3 is 2.67 bits per heavy atom. The summed E-state index contributed by atoms with van der Waals surface area (Å²) in [4.78, 5) is 11.2. The minimum atomic E-state index is -0.0672. The smallest absolute Gasteiger partial charge is 0.306 e. The van der Waals surface area contributed by atoms with E-state index in [4.69, 9.17) is 4.74 Å². The maximum absolute atomic E-state index is 11.2. The van der Waals surface area contributed by atoms with Crippen LogP contribution in [0.3, 0.4) is 0 Å². The topological polar surface area (TPSA) is 26.3 Å². The van der Waals surface area contributed by atoms with Crippen molar-refractivity contribution >= 4 is 17.7 Å². The van der Waals surface area contributed by atoms with E-state index in [9.17, 15) is 4.79 Å². The average molecular weight is 228 g/mol. The van der Waals surface area contributed by atoms with E-state index in [1.54, 1.807) is 0 Å². The van der Waals surface area contributed by atoms with E-state index in [1.165, 1.54) is 25.5 Å². The molecule has 0 atom stereocenters. The molecule has 3 heteroatoms. The molecule has 1 rings (SSSR count). The van der Waals surface area contributed by atoms with Gasteiger partial charge in [-0.25, -0.2) is 0 Å². The van der Waals surface area contributed by atoms with E-state index >= 15 is 0 Å². The van der Waals surface area contributed by atoms with Crippen LogP contribution < -0.4 is 0 Å². The number of thioether (sulfide) groups is 1. The molecule has 0 aromatic rings. The molecule has 1 aliphatic carbocycles. The Hall–Kier alpha value is -0.440. The van der Waals surface area contributed by atoms with Gasteiger partial charge in [0.2, 0.25) is 0 Å². The molecule has 0 heterocycles. The summed E-state index contributed by atoms with van der Waals surface area (Å²) in [5.74, 6) is 2.03. The standard InChI is InChI=1S/C12H20O2S/c1-4-10(2)8-15-9-12(5-6-12)7-11(13)14-3/h2,4-9H2,1,3H3. The van der Waals surface area contributed by atoms with Crippen molar-refractivity contribution in [3.05, 3.63) is 12.2 Å². The monoisotopic (exact) mass is 228 g/mol. The summed E-state index contributed by atoms with van der Waals surface area (Å²) in [6, 6.07) is 0. The lowest BCUT2D eigenvalue weighted by Crippen LogP contribution is -2.13. The first kappa shape index (κ1) is 12.6. The molecule has 2 nitrogen and oxygen atoms in total. The SMILES string of the molecule is C=C(CC)CSCC1(CC(=O)OC)CC1. The Morgan fingerprint density at radius 1 is 1.53 bits per heavy atom. The van der Waals surface area contributed by atoms with Crippen LogP contribution in [0.15, 0.2) is 12.2 Å². The normalized spacial score (nSPS) is 17.2. The summed E-state index contributed by atoms with van der Waals surface area (Å²) >= 11 is 1.90. The third kappa shape index (κ3) is 4.29. The van der Waals surface area contributed by atoms with Crippen LogP contribution >= 0.6 is 11.8 Å². The van der Waals surface area contributed by atoms with Gasteiger partial charge in [-0.05, 0) is 30.4 Å². The van der Waals surface area contributed by atoms with Gasteiger partial charge >= 0.3 is 5.97 Å². The zero-order valence-corrected chi connectivity index (χ0v) is 10.5. The van der Waals surface area contributed by atoms with E-state index < -0.39 is 0 Å². The fourth-order valence-corrected chi connectivity index (χ4v) is 2.86. The lowest BCUT2D eigenvalue weighted by atomic mass is 10.1. The fourth-order valence-electron chi connectivity index (χ4n) is 1.44. The van der Waals surface area contributed by atoms with Gasteiger partial charge in [-0.3, -0.25) is 4.79 Å². The second kappa shape index (κ2) is 5.59. The molecule has 0 aromatic heterocycles. The number of hydrogen-bond acceptors (Lipinski definition) is 3. The number of ether oxygens (including phenoxy) is 1. The zero-order valence-electron chi connectivity index (χ0n) is 9.67. The van der Waals surface area contributed by atoms with Crippen molar-refractivity contribution in [2.75, 3.05) is 18.6 Å².